The summed E-state index contributed by atoms with van der Waals surface area (Å²) in [4.78, 5) is 7.57. The maximum atomic E-state index is 14.1. The third kappa shape index (κ3) is 4.58. The van der Waals surface area contributed by atoms with Crippen LogP contribution in [0.5, 0.6) is 0 Å². The van der Waals surface area contributed by atoms with Crippen LogP contribution in [0, 0.1) is 11.6 Å². The van der Waals surface area contributed by atoms with E-state index in [1.807, 2.05) is 0 Å². The Bertz CT molecular complexity index is 720. The van der Waals surface area contributed by atoms with E-state index < -0.39 is 17.2 Å². The molecular formula is C13H12ClF2N6NaO. The summed E-state index contributed by atoms with van der Waals surface area (Å²) in [5, 5.41) is 18.8. The fourth-order valence-electron chi connectivity index (χ4n) is 2.25. The molecule has 0 aliphatic rings. The Labute approximate surface area is 164 Å². The Morgan fingerprint density at radius 1 is 1.00 bits per heavy atom. The van der Waals surface area contributed by atoms with E-state index in [1.54, 1.807) is 0 Å². The molecule has 0 amide bonds. The van der Waals surface area contributed by atoms with Crippen LogP contribution in [0.1, 0.15) is 5.56 Å². The number of hydrogen-bond donors (Lipinski definition) is 1. The normalized spacial score (nSPS) is 10.8. The van der Waals surface area contributed by atoms with Gasteiger partial charge >= 0.3 is 29.6 Å². The van der Waals surface area contributed by atoms with E-state index in [0.29, 0.717) is 0 Å². The summed E-state index contributed by atoms with van der Waals surface area (Å²) in [7, 11) is 0. The summed E-state index contributed by atoms with van der Waals surface area (Å²) < 4.78 is 29.9. The van der Waals surface area contributed by atoms with Crippen molar-refractivity contribution in [3.63, 3.8) is 0 Å². The molecule has 0 fully saturated rings. The second kappa shape index (κ2) is 8.63. The molecule has 0 aliphatic carbocycles. The summed E-state index contributed by atoms with van der Waals surface area (Å²) in [5.74, 6) is -1.56. The first-order chi connectivity index (χ1) is 10.6. The first-order valence-corrected chi connectivity index (χ1v) is 6.39. The Morgan fingerprint density at radius 3 is 1.96 bits per heavy atom. The Balaban J connectivity index is 0.00000144. The summed E-state index contributed by atoms with van der Waals surface area (Å²) in [6, 6.07) is 3.02. The van der Waals surface area contributed by atoms with Gasteiger partial charge in [-0.15, -0.1) is 0 Å². The molecule has 0 aliphatic heterocycles. The topological polar surface area (TPSA) is 81.6 Å². The average Bonchev–Trinajstić information content (AvgIpc) is 3.12. The molecule has 0 saturated heterocycles. The Kier molecular flexibility index (Phi) is 7.43. The zero-order chi connectivity index (χ0) is 15.6. The monoisotopic (exact) mass is 364 g/mol. The van der Waals surface area contributed by atoms with Gasteiger partial charge in [0.05, 0.1) is 13.1 Å². The molecule has 1 aromatic carbocycles. The van der Waals surface area contributed by atoms with Crippen LogP contribution >= 0.6 is 0 Å². The number of benzene rings is 1. The number of rotatable bonds is 5. The fourth-order valence-corrected chi connectivity index (χ4v) is 2.25. The van der Waals surface area contributed by atoms with Crippen LogP contribution in [0.15, 0.2) is 43.5 Å². The van der Waals surface area contributed by atoms with Crippen molar-refractivity contribution < 1.29 is 55.9 Å². The van der Waals surface area contributed by atoms with Gasteiger partial charge in [-0.25, -0.2) is 28.1 Å². The fraction of sp³-hybridized carbons (Fsp3) is 0.231. The second-order valence-corrected chi connectivity index (χ2v) is 4.84. The molecular weight excluding hydrogens is 353 g/mol. The molecule has 0 bridgehead atoms. The molecule has 11 heteroatoms. The van der Waals surface area contributed by atoms with Crippen molar-refractivity contribution >= 4 is 0 Å². The van der Waals surface area contributed by atoms with Crippen molar-refractivity contribution in [3.8, 4) is 0 Å². The van der Waals surface area contributed by atoms with Crippen LogP contribution in [0.4, 0.5) is 8.78 Å². The van der Waals surface area contributed by atoms with Gasteiger partial charge in [-0.2, -0.15) is 10.2 Å². The van der Waals surface area contributed by atoms with E-state index in [2.05, 4.69) is 20.2 Å². The molecule has 0 radical (unpaired) electrons. The smallest absolute Gasteiger partial charge is 1.00 e. The van der Waals surface area contributed by atoms with Crippen molar-refractivity contribution in [1.29, 1.82) is 0 Å². The molecule has 122 valence electrons. The van der Waals surface area contributed by atoms with Crippen LogP contribution in [-0.4, -0.2) is 34.6 Å². The number of hydrogen-bond acceptors (Lipinski definition) is 5. The maximum Gasteiger partial charge on any atom is 1.00 e. The first kappa shape index (κ1) is 20.7. The molecule has 0 saturated carbocycles. The molecule has 0 spiro atoms. The molecule has 3 aromatic rings. The Hall–Kier alpha value is -1.39. The molecule has 0 unspecified atom stereocenters. The summed E-state index contributed by atoms with van der Waals surface area (Å²) in [6.45, 7) is -0.148. The van der Waals surface area contributed by atoms with Gasteiger partial charge in [0.15, 0.2) is 0 Å². The maximum absolute atomic E-state index is 14.1. The minimum absolute atomic E-state index is 0. The third-order valence-corrected chi connectivity index (χ3v) is 3.21. The minimum Gasteiger partial charge on any atom is -1.00 e. The van der Waals surface area contributed by atoms with Crippen LogP contribution in [0.25, 0.3) is 0 Å². The number of aromatic nitrogens is 6. The van der Waals surface area contributed by atoms with Crippen molar-refractivity contribution in [3.05, 3.63) is 60.7 Å². The molecule has 1 N–H and O–H groups in total. The van der Waals surface area contributed by atoms with Crippen LogP contribution in [0.3, 0.4) is 0 Å². The molecule has 7 nitrogen and oxygen atoms in total. The number of aliphatic hydroxyl groups is 1. The summed E-state index contributed by atoms with van der Waals surface area (Å²) >= 11 is 0. The molecule has 24 heavy (non-hydrogen) atoms. The third-order valence-electron chi connectivity index (χ3n) is 3.21. The first-order valence-electron chi connectivity index (χ1n) is 6.39. The van der Waals surface area contributed by atoms with Crippen LogP contribution in [-0.2, 0) is 18.7 Å². The summed E-state index contributed by atoms with van der Waals surface area (Å²) in [5.41, 5.74) is -1.75. The predicted octanol–water partition coefficient (Wildman–Crippen LogP) is -5.26. The van der Waals surface area contributed by atoms with Crippen molar-refractivity contribution in [2.75, 3.05) is 0 Å². The quantitative estimate of drug-likeness (QED) is 0.458. The number of halogens is 3. The molecule has 0 atom stereocenters. The zero-order valence-electron chi connectivity index (χ0n) is 12.7. The number of nitrogens with zero attached hydrogens (tertiary/aromatic N) is 6. The van der Waals surface area contributed by atoms with Crippen LogP contribution in [0.2, 0.25) is 0 Å². The standard InChI is InChI=1S/C13H12F2N6O.ClH.Na/c14-10-1-2-11(12(15)3-10)13(22,4-20-8-16-6-18-20)5-21-9-17-7-19-21;;/h1-3,6-9,22H,4-5H2;1H;/q;;+1/p-1. The molecule has 2 aromatic heterocycles. The average molecular weight is 365 g/mol. The van der Waals surface area contributed by atoms with Gasteiger partial charge in [0.1, 0.15) is 42.5 Å². The minimum atomic E-state index is -1.70. The van der Waals surface area contributed by atoms with Gasteiger partial charge < -0.3 is 17.5 Å². The van der Waals surface area contributed by atoms with Gasteiger partial charge in [-0.05, 0) is 6.07 Å². The molecule has 2 heterocycles. The summed E-state index contributed by atoms with van der Waals surface area (Å²) in [6.07, 6.45) is 5.40. The van der Waals surface area contributed by atoms with Gasteiger partial charge in [0, 0.05) is 11.6 Å². The SMILES string of the molecule is OC(Cn1cncn1)(Cn1cncn1)c1ccc(F)cc1F.[Cl-].[Na+]. The van der Waals surface area contributed by atoms with Gasteiger partial charge in [0.25, 0.3) is 0 Å². The predicted molar refractivity (Wildman–Crippen MR) is 70.3 cm³/mol. The largest absolute Gasteiger partial charge is 1.00 e. The van der Waals surface area contributed by atoms with Crippen LogP contribution < -0.4 is 42.0 Å². The van der Waals surface area contributed by atoms with E-state index in [-0.39, 0.29) is 60.6 Å². The van der Waals surface area contributed by atoms with E-state index in [1.165, 1.54) is 40.7 Å². The van der Waals surface area contributed by atoms with E-state index in [9.17, 15) is 13.9 Å². The van der Waals surface area contributed by atoms with Gasteiger partial charge in [0.2, 0.25) is 0 Å². The zero-order valence-corrected chi connectivity index (χ0v) is 15.5. The van der Waals surface area contributed by atoms with Gasteiger partial charge in [-0.3, -0.25) is 0 Å². The van der Waals surface area contributed by atoms with Crippen molar-refractivity contribution in [2.45, 2.75) is 18.7 Å². The molecule has 3 rings (SSSR count). The Morgan fingerprint density at radius 2 is 1.54 bits per heavy atom. The van der Waals surface area contributed by atoms with Crippen molar-refractivity contribution in [1.82, 2.24) is 29.5 Å². The van der Waals surface area contributed by atoms with Gasteiger partial charge in [-0.1, -0.05) is 6.07 Å². The second-order valence-electron chi connectivity index (χ2n) is 4.84. The van der Waals surface area contributed by atoms with E-state index >= 15 is 0 Å². The van der Waals surface area contributed by atoms with E-state index in [4.69, 9.17) is 0 Å². The van der Waals surface area contributed by atoms with E-state index in [0.717, 1.165) is 12.1 Å². The van der Waals surface area contributed by atoms with Crippen molar-refractivity contribution in [2.24, 2.45) is 0 Å².